The molecule has 1 atom stereocenters. The SMILES string of the molecule is CCOC(=O)C1CCCN(C(=O)c2ccc(-n3nc(C)c(Cl)c3C)cc2)C1. The predicted octanol–water partition coefficient (Wildman–Crippen LogP) is 3.56. The Balaban J connectivity index is 1.74. The fraction of sp³-hybridized carbons (Fsp3) is 0.450. The molecular formula is C20H24ClN3O3. The summed E-state index contributed by atoms with van der Waals surface area (Å²) in [5, 5.41) is 5.08. The van der Waals surface area contributed by atoms with E-state index in [9.17, 15) is 9.59 Å². The minimum Gasteiger partial charge on any atom is -0.466 e. The Hall–Kier alpha value is -2.34. The van der Waals surface area contributed by atoms with Crippen LogP contribution in [-0.4, -0.2) is 46.3 Å². The monoisotopic (exact) mass is 389 g/mol. The first kappa shape index (κ1) is 19.4. The summed E-state index contributed by atoms with van der Waals surface area (Å²) in [7, 11) is 0. The Bertz CT molecular complexity index is 845. The van der Waals surface area contributed by atoms with Crippen LogP contribution in [0.4, 0.5) is 0 Å². The van der Waals surface area contributed by atoms with E-state index >= 15 is 0 Å². The first-order valence-corrected chi connectivity index (χ1v) is 9.58. The van der Waals surface area contributed by atoms with E-state index in [-0.39, 0.29) is 17.8 Å². The third-order valence-electron chi connectivity index (χ3n) is 4.89. The quantitative estimate of drug-likeness (QED) is 0.750. The van der Waals surface area contributed by atoms with Gasteiger partial charge in [-0.1, -0.05) is 11.6 Å². The lowest BCUT2D eigenvalue weighted by atomic mass is 9.97. The summed E-state index contributed by atoms with van der Waals surface area (Å²) >= 11 is 6.21. The molecule has 27 heavy (non-hydrogen) atoms. The number of aromatic nitrogens is 2. The number of hydrogen-bond donors (Lipinski definition) is 0. The largest absolute Gasteiger partial charge is 0.466 e. The van der Waals surface area contributed by atoms with Crippen molar-refractivity contribution in [1.82, 2.24) is 14.7 Å². The number of nitrogens with zero attached hydrogens (tertiary/aromatic N) is 3. The number of rotatable bonds is 4. The van der Waals surface area contributed by atoms with Crippen LogP contribution in [0.25, 0.3) is 5.69 Å². The molecule has 0 radical (unpaired) electrons. The zero-order valence-corrected chi connectivity index (χ0v) is 16.6. The molecule has 6 nitrogen and oxygen atoms in total. The van der Waals surface area contributed by atoms with Crippen LogP contribution >= 0.6 is 11.6 Å². The average molecular weight is 390 g/mol. The van der Waals surface area contributed by atoms with Gasteiger partial charge in [-0.15, -0.1) is 0 Å². The highest BCUT2D eigenvalue weighted by molar-refractivity contribution is 6.31. The van der Waals surface area contributed by atoms with Crippen molar-refractivity contribution in [3.05, 3.63) is 46.2 Å². The first-order valence-electron chi connectivity index (χ1n) is 9.20. The lowest BCUT2D eigenvalue weighted by Crippen LogP contribution is -2.42. The summed E-state index contributed by atoms with van der Waals surface area (Å²) in [6.07, 6.45) is 1.57. The highest BCUT2D eigenvalue weighted by Crippen LogP contribution is 2.24. The average Bonchev–Trinajstić information content (AvgIpc) is 2.95. The van der Waals surface area contributed by atoms with Crippen molar-refractivity contribution in [2.75, 3.05) is 19.7 Å². The molecule has 0 spiro atoms. The van der Waals surface area contributed by atoms with Crippen LogP contribution in [0.2, 0.25) is 5.02 Å². The molecule has 1 aliphatic rings. The van der Waals surface area contributed by atoms with Gasteiger partial charge in [0.05, 0.1) is 34.6 Å². The molecule has 7 heteroatoms. The highest BCUT2D eigenvalue weighted by atomic mass is 35.5. The molecule has 144 valence electrons. The summed E-state index contributed by atoms with van der Waals surface area (Å²) < 4.78 is 6.87. The van der Waals surface area contributed by atoms with Crippen molar-refractivity contribution in [3.8, 4) is 5.69 Å². The van der Waals surface area contributed by atoms with Crippen LogP contribution in [0.5, 0.6) is 0 Å². The number of halogens is 1. The molecule has 1 aromatic heterocycles. The topological polar surface area (TPSA) is 64.4 Å². The van der Waals surface area contributed by atoms with Crippen molar-refractivity contribution < 1.29 is 14.3 Å². The van der Waals surface area contributed by atoms with Crippen LogP contribution in [0.1, 0.15) is 41.5 Å². The number of ether oxygens (including phenoxy) is 1. The summed E-state index contributed by atoms with van der Waals surface area (Å²) in [5.74, 6) is -0.521. The van der Waals surface area contributed by atoms with Gasteiger partial charge in [0.2, 0.25) is 0 Å². The van der Waals surface area contributed by atoms with Crippen LogP contribution in [0, 0.1) is 19.8 Å². The molecule has 0 bridgehead atoms. The zero-order valence-electron chi connectivity index (χ0n) is 15.9. The van der Waals surface area contributed by atoms with Gasteiger partial charge in [0.25, 0.3) is 5.91 Å². The van der Waals surface area contributed by atoms with Gasteiger partial charge in [0, 0.05) is 18.7 Å². The fourth-order valence-electron chi connectivity index (χ4n) is 3.42. The number of amides is 1. The molecule has 1 saturated heterocycles. The van der Waals surface area contributed by atoms with E-state index in [1.807, 2.05) is 26.0 Å². The summed E-state index contributed by atoms with van der Waals surface area (Å²) in [5.41, 5.74) is 3.08. The molecule has 1 aromatic carbocycles. The lowest BCUT2D eigenvalue weighted by molar-refractivity contribution is -0.149. The van der Waals surface area contributed by atoms with Crippen LogP contribution < -0.4 is 0 Å². The van der Waals surface area contributed by atoms with Gasteiger partial charge in [0.15, 0.2) is 0 Å². The number of carbonyl (C=O) groups excluding carboxylic acids is 2. The minimum atomic E-state index is -0.237. The number of esters is 1. The Kier molecular flexibility index (Phi) is 5.85. The van der Waals surface area contributed by atoms with Crippen molar-refractivity contribution in [2.45, 2.75) is 33.6 Å². The summed E-state index contributed by atoms with van der Waals surface area (Å²) in [6.45, 7) is 6.99. The third kappa shape index (κ3) is 4.00. The Labute approximate surface area is 164 Å². The van der Waals surface area contributed by atoms with Crippen molar-refractivity contribution in [1.29, 1.82) is 0 Å². The zero-order chi connectivity index (χ0) is 19.6. The van der Waals surface area contributed by atoms with E-state index in [1.54, 1.807) is 28.6 Å². The smallest absolute Gasteiger partial charge is 0.310 e. The molecular weight excluding hydrogens is 366 g/mol. The van der Waals surface area contributed by atoms with Gasteiger partial charge in [-0.3, -0.25) is 9.59 Å². The number of piperidine rings is 1. The van der Waals surface area contributed by atoms with Gasteiger partial charge >= 0.3 is 5.97 Å². The normalized spacial score (nSPS) is 17.0. The molecule has 2 heterocycles. The van der Waals surface area contributed by atoms with Gasteiger partial charge in [-0.2, -0.15) is 5.10 Å². The molecule has 0 N–H and O–H groups in total. The van der Waals surface area contributed by atoms with E-state index in [2.05, 4.69) is 5.10 Å². The molecule has 3 rings (SSSR count). The highest BCUT2D eigenvalue weighted by Gasteiger charge is 2.29. The van der Waals surface area contributed by atoms with E-state index in [0.717, 1.165) is 29.9 Å². The number of aryl methyl sites for hydroxylation is 1. The maximum absolute atomic E-state index is 12.8. The molecule has 1 aliphatic heterocycles. The van der Waals surface area contributed by atoms with Gasteiger partial charge in [0.1, 0.15) is 0 Å². The van der Waals surface area contributed by atoms with Crippen LogP contribution in [0.3, 0.4) is 0 Å². The molecule has 1 unspecified atom stereocenters. The van der Waals surface area contributed by atoms with Crippen molar-refractivity contribution in [3.63, 3.8) is 0 Å². The molecule has 1 amide bonds. The molecule has 1 fully saturated rings. The number of likely N-dealkylation sites (tertiary alicyclic amines) is 1. The molecule has 0 saturated carbocycles. The van der Waals surface area contributed by atoms with E-state index in [0.29, 0.717) is 30.3 Å². The van der Waals surface area contributed by atoms with E-state index < -0.39 is 0 Å². The van der Waals surface area contributed by atoms with Gasteiger partial charge < -0.3 is 9.64 Å². The van der Waals surface area contributed by atoms with Crippen molar-refractivity contribution >= 4 is 23.5 Å². The van der Waals surface area contributed by atoms with E-state index in [1.165, 1.54) is 0 Å². The Morgan fingerprint density at radius 3 is 2.56 bits per heavy atom. The van der Waals surface area contributed by atoms with Gasteiger partial charge in [-0.25, -0.2) is 4.68 Å². The van der Waals surface area contributed by atoms with E-state index in [4.69, 9.17) is 16.3 Å². The second-order valence-electron chi connectivity index (χ2n) is 6.79. The Morgan fingerprint density at radius 1 is 1.26 bits per heavy atom. The molecule has 2 aromatic rings. The number of hydrogen-bond acceptors (Lipinski definition) is 4. The van der Waals surface area contributed by atoms with Crippen LogP contribution in [0.15, 0.2) is 24.3 Å². The fourth-order valence-corrected chi connectivity index (χ4v) is 3.53. The first-order chi connectivity index (χ1) is 12.9. The summed E-state index contributed by atoms with van der Waals surface area (Å²) in [6, 6.07) is 7.29. The number of carbonyl (C=O) groups is 2. The summed E-state index contributed by atoms with van der Waals surface area (Å²) in [4.78, 5) is 26.6. The third-order valence-corrected chi connectivity index (χ3v) is 5.44. The minimum absolute atomic E-state index is 0.0676. The lowest BCUT2D eigenvalue weighted by Gasteiger charge is -2.31. The predicted molar refractivity (Wildman–Crippen MR) is 103 cm³/mol. The van der Waals surface area contributed by atoms with Gasteiger partial charge in [-0.05, 0) is 57.9 Å². The second-order valence-corrected chi connectivity index (χ2v) is 7.16. The second kappa shape index (κ2) is 8.13. The molecule has 0 aliphatic carbocycles. The number of benzene rings is 1. The maximum Gasteiger partial charge on any atom is 0.310 e. The maximum atomic E-state index is 12.8. The standard InChI is InChI=1S/C20H24ClN3O3/c1-4-27-20(26)16-6-5-11-23(12-16)19(25)15-7-9-17(10-8-15)24-14(3)18(21)13(2)22-24/h7-10,16H,4-6,11-12H2,1-3H3. The van der Waals surface area contributed by atoms with Crippen LogP contribution in [-0.2, 0) is 9.53 Å². The van der Waals surface area contributed by atoms with Crippen molar-refractivity contribution in [2.24, 2.45) is 5.92 Å². The Morgan fingerprint density at radius 2 is 1.96 bits per heavy atom.